The van der Waals surface area contributed by atoms with Crippen molar-refractivity contribution < 1.29 is 29.1 Å². The molecule has 0 bridgehead atoms. The molecule has 1 rings (SSSR count). The van der Waals surface area contributed by atoms with Crippen LogP contribution in [0.4, 0.5) is 0 Å². The second-order valence-corrected chi connectivity index (χ2v) is 6.96. The fraction of sp³-hybridized carbons (Fsp3) is 0.765. The lowest BCUT2D eigenvalue weighted by molar-refractivity contribution is -0.154. The normalized spacial score (nSPS) is 25.3. The Hall–Kier alpha value is -2.20. The van der Waals surface area contributed by atoms with E-state index in [1.54, 1.807) is 0 Å². The summed E-state index contributed by atoms with van der Waals surface area (Å²) < 4.78 is 5.38. The summed E-state index contributed by atoms with van der Waals surface area (Å²) in [6, 6.07) is -0.758. The van der Waals surface area contributed by atoms with Crippen LogP contribution in [0.5, 0.6) is 0 Å². The predicted molar refractivity (Wildman–Crippen MR) is 95.5 cm³/mol. The van der Waals surface area contributed by atoms with Gasteiger partial charge in [-0.3, -0.25) is 24.4 Å². The van der Waals surface area contributed by atoms with Crippen LogP contribution in [0.3, 0.4) is 0 Å². The molecule has 154 valence electrons. The molecule has 27 heavy (non-hydrogen) atoms. The minimum absolute atomic E-state index is 0.0290. The van der Waals surface area contributed by atoms with Gasteiger partial charge >= 0.3 is 0 Å². The molecule has 4 amide bonds. The molecule has 0 saturated carbocycles. The van der Waals surface area contributed by atoms with E-state index in [4.69, 9.17) is 9.94 Å². The Balaban J connectivity index is 3.15. The van der Waals surface area contributed by atoms with Crippen LogP contribution in [0, 0.1) is 11.8 Å². The van der Waals surface area contributed by atoms with Gasteiger partial charge in [-0.05, 0) is 31.6 Å². The van der Waals surface area contributed by atoms with E-state index in [0.29, 0.717) is 25.8 Å². The molecule has 0 radical (unpaired) electrons. The van der Waals surface area contributed by atoms with Gasteiger partial charge in [-0.25, -0.2) is 5.48 Å². The lowest BCUT2D eigenvalue weighted by Crippen LogP contribution is -2.52. The Labute approximate surface area is 158 Å². The van der Waals surface area contributed by atoms with Gasteiger partial charge in [-0.2, -0.15) is 0 Å². The fourth-order valence-corrected chi connectivity index (χ4v) is 2.95. The van der Waals surface area contributed by atoms with Gasteiger partial charge in [-0.15, -0.1) is 0 Å². The summed E-state index contributed by atoms with van der Waals surface area (Å²) in [6.45, 7) is 3.71. The van der Waals surface area contributed by atoms with Gasteiger partial charge in [-0.1, -0.05) is 13.8 Å². The Kier molecular flexibility index (Phi) is 9.73. The third-order valence-electron chi connectivity index (χ3n) is 4.31. The molecular weight excluding hydrogens is 356 g/mol. The SMILES string of the molecule is CNC(=O)[C@@H]1CCCCNC(=O)CO[C@H](C(=O)NO)[C@@H](CC(C)C)C(=O)N1. The first-order valence-corrected chi connectivity index (χ1v) is 9.14. The van der Waals surface area contributed by atoms with Crippen LogP contribution >= 0.6 is 0 Å². The summed E-state index contributed by atoms with van der Waals surface area (Å²) >= 11 is 0. The molecule has 10 heteroatoms. The van der Waals surface area contributed by atoms with E-state index in [0.717, 1.165) is 0 Å². The zero-order chi connectivity index (χ0) is 20.4. The summed E-state index contributed by atoms with van der Waals surface area (Å²) in [5.41, 5.74) is 1.49. The molecule has 3 atom stereocenters. The van der Waals surface area contributed by atoms with Gasteiger partial charge in [0.2, 0.25) is 17.7 Å². The van der Waals surface area contributed by atoms with Gasteiger partial charge in [0, 0.05) is 13.6 Å². The highest BCUT2D eigenvalue weighted by molar-refractivity contribution is 5.92. The monoisotopic (exact) mass is 386 g/mol. The maximum Gasteiger partial charge on any atom is 0.273 e. The average molecular weight is 386 g/mol. The molecule has 1 fully saturated rings. The number of ether oxygens (including phenoxy) is 1. The number of hydroxylamine groups is 1. The molecule has 0 aromatic heterocycles. The first-order chi connectivity index (χ1) is 12.8. The van der Waals surface area contributed by atoms with E-state index in [1.165, 1.54) is 12.5 Å². The number of hydrogen-bond donors (Lipinski definition) is 5. The second-order valence-electron chi connectivity index (χ2n) is 6.96. The second kappa shape index (κ2) is 11.5. The molecule has 1 heterocycles. The number of amides is 4. The van der Waals surface area contributed by atoms with Crippen molar-refractivity contribution in [2.75, 3.05) is 20.2 Å². The van der Waals surface area contributed by atoms with Gasteiger partial charge < -0.3 is 20.7 Å². The Morgan fingerprint density at radius 2 is 1.96 bits per heavy atom. The highest BCUT2D eigenvalue weighted by atomic mass is 16.5. The van der Waals surface area contributed by atoms with Crippen LogP contribution < -0.4 is 21.4 Å². The van der Waals surface area contributed by atoms with E-state index in [1.807, 2.05) is 13.8 Å². The fourth-order valence-electron chi connectivity index (χ4n) is 2.95. The van der Waals surface area contributed by atoms with Crippen molar-refractivity contribution in [2.24, 2.45) is 11.8 Å². The number of rotatable bonds is 4. The topological polar surface area (TPSA) is 146 Å². The van der Waals surface area contributed by atoms with Crippen molar-refractivity contribution in [1.29, 1.82) is 0 Å². The average Bonchev–Trinajstić information content (AvgIpc) is 2.64. The zero-order valence-corrected chi connectivity index (χ0v) is 16.0. The molecule has 0 spiro atoms. The zero-order valence-electron chi connectivity index (χ0n) is 16.0. The number of likely N-dealkylation sites (N-methyl/N-ethyl adjacent to an activating group) is 1. The molecule has 5 N–H and O–H groups in total. The van der Waals surface area contributed by atoms with Crippen molar-refractivity contribution >= 4 is 23.6 Å². The summed E-state index contributed by atoms with van der Waals surface area (Å²) in [5.74, 6) is -3.16. The summed E-state index contributed by atoms with van der Waals surface area (Å²) in [6.07, 6.45) is 0.550. The Morgan fingerprint density at radius 3 is 2.56 bits per heavy atom. The highest BCUT2D eigenvalue weighted by Gasteiger charge is 2.37. The van der Waals surface area contributed by atoms with Crippen LogP contribution in [-0.4, -0.2) is 61.2 Å². The lowest BCUT2D eigenvalue weighted by atomic mass is 9.90. The van der Waals surface area contributed by atoms with Crippen LogP contribution in [0.25, 0.3) is 0 Å². The summed E-state index contributed by atoms with van der Waals surface area (Å²) in [5, 5.41) is 16.9. The van der Waals surface area contributed by atoms with Crippen molar-refractivity contribution in [2.45, 2.75) is 51.7 Å². The maximum absolute atomic E-state index is 12.9. The predicted octanol–water partition coefficient (Wildman–Crippen LogP) is -0.930. The molecule has 0 aromatic carbocycles. The van der Waals surface area contributed by atoms with E-state index in [9.17, 15) is 19.2 Å². The molecular formula is C17H30N4O6. The van der Waals surface area contributed by atoms with E-state index >= 15 is 0 Å². The molecule has 1 aliphatic rings. The molecule has 10 nitrogen and oxygen atoms in total. The minimum Gasteiger partial charge on any atom is -0.358 e. The quantitative estimate of drug-likeness (QED) is 0.312. The van der Waals surface area contributed by atoms with Gasteiger partial charge in [0.05, 0.1) is 5.92 Å². The first kappa shape index (κ1) is 22.8. The van der Waals surface area contributed by atoms with Crippen molar-refractivity contribution in [3.63, 3.8) is 0 Å². The van der Waals surface area contributed by atoms with Crippen LogP contribution in [0.1, 0.15) is 39.5 Å². The molecule has 1 aliphatic heterocycles. The van der Waals surface area contributed by atoms with E-state index in [-0.39, 0.29) is 18.2 Å². The molecule has 0 aliphatic carbocycles. The van der Waals surface area contributed by atoms with Gasteiger partial charge in [0.15, 0.2) is 6.10 Å². The lowest BCUT2D eigenvalue weighted by Gasteiger charge is -2.27. The van der Waals surface area contributed by atoms with Crippen molar-refractivity contribution in [3.05, 3.63) is 0 Å². The maximum atomic E-state index is 12.9. The number of hydrogen-bond acceptors (Lipinski definition) is 6. The third-order valence-corrected chi connectivity index (χ3v) is 4.31. The standard InChI is InChI=1S/C17H30N4O6/c1-10(2)8-11-14(17(25)21-26)27-9-13(22)19-7-5-4-6-12(16(24)18-3)20-15(11)23/h10-12,14,26H,4-9H2,1-3H3,(H,18,24)(H,19,22)(H,20,23)(H,21,25)/t11-,12+,14+/m1/s1. The Morgan fingerprint density at radius 1 is 1.26 bits per heavy atom. The van der Waals surface area contributed by atoms with Crippen molar-refractivity contribution in [1.82, 2.24) is 21.4 Å². The largest absolute Gasteiger partial charge is 0.358 e. The van der Waals surface area contributed by atoms with E-state index < -0.39 is 42.4 Å². The minimum atomic E-state index is -1.37. The molecule has 0 unspecified atom stereocenters. The smallest absolute Gasteiger partial charge is 0.273 e. The highest BCUT2D eigenvalue weighted by Crippen LogP contribution is 2.20. The number of carbonyl (C=O) groups is 4. The molecule has 0 aromatic rings. The first-order valence-electron chi connectivity index (χ1n) is 9.14. The third kappa shape index (κ3) is 7.51. The van der Waals surface area contributed by atoms with Crippen molar-refractivity contribution in [3.8, 4) is 0 Å². The Bertz CT molecular complexity index is 540. The number of nitrogens with one attached hydrogen (secondary N) is 4. The van der Waals surface area contributed by atoms with E-state index in [2.05, 4.69) is 16.0 Å². The number of carbonyl (C=O) groups excluding carboxylic acids is 4. The van der Waals surface area contributed by atoms with Crippen LogP contribution in [0.2, 0.25) is 0 Å². The van der Waals surface area contributed by atoms with Gasteiger partial charge in [0.1, 0.15) is 12.6 Å². The van der Waals surface area contributed by atoms with Crippen LogP contribution in [-0.2, 0) is 23.9 Å². The summed E-state index contributed by atoms with van der Waals surface area (Å²) in [4.78, 5) is 48.9. The van der Waals surface area contributed by atoms with Gasteiger partial charge in [0.25, 0.3) is 5.91 Å². The summed E-state index contributed by atoms with van der Waals surface area (Å²) in [7, 11) is 1.48. The molecule has 1 saturated heterocycles. The van der Waals surface area contributed by atoms with Crippen LogP contribution in [0.15, 0.2) is 0 Å².